The van der Waals surface area contributed by atoms with E-state index in [1.807, 2.05) is 0 Å². The summed E-state index contributed by atoms with van der Waals surface area (Å²) in [4.78, 5) is 11.6. The molecule has 5 heteroatoms. The minimum Gasteiger partial charge on any atom is -0.508 e. The van der Waals surface area contributed by atoms with Gasteiger partial charge in [0.1, 0.15) is 5.75 Å². The zero-order chi connectivity index (χ0) is 20.1. The molecule has 0 radical (unpaired) electrons. The van der Waals surface area contributed by atoms with Gasteiger partial charge in [0, 0.05) is 11.6 Å². The van der Waals surface area contributed by atoms with Crippen molar-refractivity contribution in [2.45, 2.75) is 89.9 Å². The van der Waals surface area contributed by atoms with Crippen LogP contribution < -0.4 is 4.74 Å². The maximum Gasteiger partial charge on any atom is 0.311 e. The number of carboxylic acid groups (broad SMARTS) is 1. The molecule has 0 saturated heterocycles. The summed E-state index contributed by atoms with van der Waals surface area (Å²) in [6.45, 7) is 2.23. The van der Waals surface area contributed by atoms with E-state index in [0.717, 1.165) is 19.3 Å². The van der Waals surface area contributed by atoms with Crippen molar-refractivity contribution < 1.29 is 24.9 Å². The van der Waals surface area contributed by atoms with Gasteiger partial charge in [0.05, 0.1) is 13.0 Å². The third-order valence-corrected chi connectivity index (χ3v) is 5.08. The van der Waals surface area contributed by atoms with E-state index >= 15 is 0 Å². The number of carbonyl (C=O) groups is 1. The van der Waals surface area contributed by atoms with Crippen LogP contribution in [0.5, 0.6) is 17.2 Å². The van der Waals surface area contributed by atoms with E-state index in [2.05, 4.69) is 6.92 Å². The first-order chi connectivity index (χ1) is 13.0. The SMILES string of the molecule is CCCCCCCCCCCCCC(C(=O)O)c1cc(O)cc(OC)c1O. The van der Waals surface area contributed by atoms with Crippen molar-refractivity contribution in [1.82, 2.24) is 0 Å². The van der Waals surface area contributed by atoms with Crippen LogP contribution in [0.3, 0.4) is 0 Å². The number of unbranched alkanes of at least 4 members (excludes halogenated alkanes) is 10. The standard InChI is InChI=1S/C22H36O5/c1-3-4-5-6-7-8-9-10-11-12-13-14-18(22(25)26)19-15-17(23)16-20(27-2)21(19)24/h15-16,18,23-24H,3-14H2,1-2H3,(H,25,26). The summed E-state index contributed by atoms with van der Waals surface area (Å²) in [7, 11) is 1.37. The number of phenols is 2. The number of carboxylic acids is 1. The molecule has 5 nitrogen and oxygen atoms in total. The molecule has 0 saturated carbocycles. The van der Waals surface area contributed by atoms with Crippen LogP contribution in [-0.2, 0) is 4.79 Å². The number of ether oxygens (including phenoxy) is 1. The van der Waals surface area contributed by atoms with Crippen LogP contribution in [0.25, 0.3) is 0 Å². The van der Waals surface area contributed by atoms with Gasteiger partial charge in [-0.05, 0) is 12.5 Å². The molecule has 1 aromatic rings. The van der Waals surface area contributed by atoms with Crippen molar-refractivity contribution in [3.8, 4) is 17.2 Å². The van der Waals surface area contributed by atoms with Gasteiger partial charge in [-0.3, -0.25) is 4.79 Å². The van der Waals surface area contributed by atoms with Crippen LogP contribution in [0.1, 0.15) is 95.5 Å². The first-order valence-electron chi connectivity index (χ1n) is 10.3. The van der Waals surface area contributed by atoms with Gasteiger partial charge in [-0.1, -0.05) is 77.6 Å². The number of hydrogen-bond donors (Lipinski definition) is 3. The Bertz CT molecular complexity index is 556. The fourth-order valence-corrected chi connectivity index (χ4v) is 3.46. The summed E-state index contributed by atoms with van der Waals surface area (Å²) in [6, 6.07) is 2.59. The molecule has 0 spiro atoms. The van der Waals surface area contributed by atoms with Crippen LogP contribution >= 0.6 is 0 Å². The van der Waals surface area contributed by atoms with E-state index in [0.29, 0.717) is 6.42 Å². The Morgan fingerprint density at radius 1 is 0.926 bits per heavy atom. The molecule has 0 fully saturated rings. The van der Waals surface area contributed by atoms with Crippen LogP contribution in [-0.4, -0.2) is 28.4 Å². The van der Waals surface area contributed by atoms with Gasteiger partial charge in [-0.2, -0.15) is 0 Å². The predicted molar refractivity (Wildman–Crippen MR) is 108 cm³/mol. The molecule has 0 aliphatic carbocycles. The number of phenolic OH excluding ortho intramolecular Hbond substituents is 2. The van der Waals surface area contributed by atoms with Gasteiger partial charge >= 0.3 is 5.97 Å². The zero-order valence-corrected chi connectivity index (χ0v) is 16.9. The Hall–Kier alpha value is -1.91. The maximum absolute atomic E-state index is 11.6. The quantitative estimate of drug-likeness (QED) is 0.257. The topological polar surface area (TPSA) is 87.0 Å². The highest BCUT2D eigenvalue weighted by Crippen LogP contribution is 2.40. The summed E-state index contributed by atoms with van der Waals surface area (Å²) in [6.07, 6.45) is 13.7. The number of hydrogen-bond acceptors (Lipinski definition) is 4. The van der Waals surface area contributed by atoms with E-state index < -0.39 is 11.9 Å². The van der Waals surface area contributed by atoms with Crippen LogP contribution in [0, 0.1) is 0 Å². The maximum atomic E-state index is 11.6. The fraction of sp³-hybridized carbons (Fsp3) is 0.682. The molecular weight excluding hydrogens is 344 g/mol. The molecule has 0 amide bonds. The third-order valence-electron chi connectivity index (χ3n) is 5.08. The van der Waals surface area contributed by atoms with E-state index in [-0.39, 0.29) is 22.8 Å². The first kappa shape index (κ1) is 23.1. The lowest BCUT2D eigenvalue weighted by molar-refractivity contribution is -0.139. The normalized spacial score (nSPS) is 12.1. The lowest BCUT2D eigenvalue weighted by Crippen LogP contribution is -2.12. The smallest absolute Gasteiger partial charge is 0.311 e. The number of aliphatic carboxylic acids is 1. The molecule has 3 N–H and O–H groups in total. The highest BCUT2D eigenvalue weighted by molar-refractivity contribution is 5.78. The summed E-state index contributed by atoms with van der Waals surface area (Å²) in [5.74, 6) is -2.06. The molecule has 1 rings (SSSR count). The minimum absolute atomic E-state index is 0.0928. The summed E-state index contributed by atoms with van der Waals surface area (Å²) in [5.41, 5.74) is 0.214. The third kappa shape index (κ3) is 8.55. The Morgan fingerprint density at radius 2 is 1.44 bits per heavy atom. The predicted octanol–water partition coefficient (Wildman–Crippen LogP) is 5.98. The van der Waals surface area contributed by atoms with E-state index in [4.69, 9.17) is 4.74 Å². The molecule has 1 unspecified atom stereocenters. The lowest BCUT2D eigenvalue weighted by Gasteiger charge is -2.16. The van der Waals surface area contributed by atoms with Gasteiger partial charge in [-0.15, -0.1) is 0 Å². The van der Waals surface area contributed by atoms with Crippen molar-refractivity contribution in [1.29, 1.82) is 0 Å². The molecule has 0 heterocycles. The van der Waals surface area contributed by atoms with E-state index in [1.165, 1.54) is 70.6 Å². The minimum atomic E-state index is -0.995. The Morgan fingerprint density at radius 3 is 1.93 bits per heavy atom. The van der Waals surface area contributed by atoms with Crippen LogP contribution in [0.2, 0.25) is 0 Å². The molecule has 0 aromatic heterocycles. The van der Waals surface area contributed by atoms with E-state index in [1.54, 1.807) is 0 Å². The number of benzene rings is 1. The first-order valence-corrected chi connectivity index (χ1v) is 10.3. The van der Waals surface area contributed by atoms with Crippen LogP contribution in [0.4, 0.5) is 0 Å². The van der Waals surface area contributed by atoms with Crippen molar-refractivity contribution in [2.24, 2.45) is 0 Å². The van der Waals surface area contributed by atoms with Gasteiger partial charge in [-0.25, -0.2) is 0 Å². The van der Waals surface area contributed by atoms with Crippen molar-refractivity contribution in [3.05, 3.63) is 17.7 Å². The second kappa shape index (κ2) is 13.3. The number of aromatic hydroxyl groups is 2. The molecule has 154 valence electrons. The second-order valence-electron chi connectivity index (χ2n) is 7.30. The Labute approximate surface area is 163 Å². The molecule has 1 aromatic carbocycles. The van der Waals surface area contributed by atoms with Gasteiger partial charge in [0.25, 0.3) is 0 Å². The number of rotatable bonds is 15. The molecule has 27 heavy (non-hydrogen) atoms. The molecule has 0 aliphatic heterocycles. The fourth-order valence-electron chi connectivity index (χ4n) is 3.46. The second-order valence-corrected chi connectivity index (χ2v) is 7.30. The average molecular weight is 381 g/mol. The average Bonchev–Trinajstić information content (AvgIpc) is 2.64. The van der Waals surface area contributed by atoms with Crippen molar-refractivity contribution >= 4 is 5.97 Å². The number of methoxy groups -OCH3 is 1. The lowest BCUT2D eigenvalue weighted by atomic mass is 9.91. The highest BCUT2D eigenvalue weighted by Gasteiger charge is 2.25. The monoisotopic (exact) mass is 380 g/mol. The zero-order valence-electron chi connectivity index (χ0n) is 16.9. The molecular formula is C22H36O5. The van der Waals surface area contributed by atoms with E-state index in [9.17, 15) is 20.1 Å². The summed E-state index contributed by atoms with van der Waals surface area (Å²) in [5, 5.41) is 29.5. The molecule has 1 atom stereocenters. The Balaban J connectivity index is 2.35. The summed E-state index contributed by atoms with van der Waals surface area (Å²) < 4.78 is 5.00. The summed E-state index contributed by atoms with van der Waals surface area (Å²) >= 11 is 0. The Kier molecular flexibility index (Phi) is 11.4. The van der Waals surface area contributed by atoms with Gasteiger partial charge in [0.15, 0.2) is 11.5 Å². The largest absolute Gasteiger partial charge is 0.508 e. The molecule has 0 bridgehead atoms. The van der Waals surface area contributed by atoms with Crippen molar-refractivity contribution in [2.75, 3.05) is 7.11 Å². The van der Waals surface area contributed by atoms with Crippen molar-refractivity contribution in [3.63, 3.8) is 0 Å². The van der Waals surface area contributed by atoms with Gasteiger partial charge < -0.3 is 20.1 Å². The van der Waals surface area contributed by atoms with Gasteiger partial charge in [0.2, 0.25) is 0 Å². The van der Waals surface area contributed by atoms with Crippen LogP contribution in [0.15, 0.2) is 12.1 Å². The highest BCUT2D eigenvalue weighted by atomic mass is 16.5. The molecule has 0 aliphatic rings.